The number of ether oxygens (including phenoxy) is 1. The third-order valence-corrected chi connectivity index (χ3v) is 5.76. The first-order valence-electron chi connectivity index (χ1n) is 9.88. The van der Waals surface area contributed by atoms with E-state index in [1.165, 1.54) is 30.6 Å². The fourth-order valence-electron chi connectivity index (χ4n) is 2.87. The lowest BCUT2D eigenvalue weighted by Crippen LogP contribution is -2.11. The number of hydrogen-bond acceptors (Lipinski definition) is 4. The summed E-state index contributed by atoms with van der Waals surface area (Å²) in [5.41, 5.74) is 1.62. The van der Waals surface area contributed by atoms with Gasteiger partial charge in [-0.3, -0.25) is 10.1 Å². The van der Waals surface area contributed by atoms with Gasteiger partial charge in [-0.25, -0.2) is 4.98 Å². The van der Waals surface area contributed by atoms with E-state index in [-0.39, 0.29) is 5.91 Å². The van der Waals surface area contributed by atoms with Gasteiger partial charge in [0, 0.05) is 28.1 Å². The van der Waals surface area contributed by atoms with Crippen LogP contribution in [0.5, 0.6) is 5.75 Å². The maximum atomic E-state index is 12.5. The Balaban J connectivity index is 1.51. The van der Waals surface area contributed by atoms with Gasteiger partial charge in [-0.1, -0.05) is 56.0 Å². The molecule has 0 saturated heterocycles. The Morgan fingerprint density at radius 3 is 2.66 bits per heavy atom. The van der Waals surface area contributed by atoms with Crippen molar-refractivity contribution in [2.75, 3.05) is 11.9 Å². The van der Waals surface area contributed by atoms with Crippen LogP contribution in [0.2, 0.25) is 5.02 Å². The summed E-state index contributed by atoms with van der Waals surface area (Å²) in [7, 11) is 0. The van der Waals surface area contributed by atoms with Crippen molar-refractivity contribution < 1.29 is 9.53 Å². The molecule has 0 aliphatic heterocycles. The lowest BCUT2D eigenvalue weighted by molar-refractivity contribution is 0.102. The van der Waals surface area contributed by atoms with Gasteiger partial charge in [-0.15, -0.1) is 11.3 Å². The molecule has 0 bridgehead atoms. The van der Waals surface area contributed by atoms with Crippen molar-refractivity contribution in [1.29, 1.82) is 0 Å². The second-order valence-corrected chi connectivity index (χ2v) is 8.31. The molecule has 0 spiro atoms. The van der Waals surface area contributed by atoms with Gasteiger partial charge in [0.2, 0.25) is 0 Å². The largest absolute Gasteiger partial charge is 0.494 e. The molecule has 0 radical (unpaired) electrons. The van der Waals surface area contributed by atoms with Crippen molar-refractivity contribution in [3.63, 3.8) is 0 Å². The van der Waals surface area contributed by atoms with Crippen molar-refractivity contribution in [1.82, 2.24) is 4.98 Å². The van der Waals surface area contributed by atoms with Crippen molar-refractivity contribution in [3.05, 3.63) is 75.8 Å². The number of hydrogen-bond donors (Lipinski definition) is 1. The van der Waals surface area contributed by atoms with Gasteiger partial charge in [0.25, 0.3) is 5.91 Å². The van der Waals surface area contributed by atoms with E-state index in [9.17, 15) is 4.79 Å². The standard InChI is InChI=1S/C23H25ClN2O2S/c1-2-3-4-7-14-28-19-12-10-17(11-13-19)22(27)26-23-25-16-20(29-23)15-18-8-5-6-9-21(18)24/h5-6,8-13,16H,2-4,7,14-15H2,1H3,(H,25,26,27). The van der Waals surface area contributed by atoms with Crippen LogP contribution in [0.4, 0.5) is 5.13 Å². The zero-order chi connectivity index (χ0) is 20.5. The highest BCUT2D eigenvalue weighted by Crippen LogP contribution is 2.25. The van der Waals surface area contributed by atoms with Crippen molar-refractivity contribution in [3.8, 4) is 5.75 Å². The maximum absolute atomic E-state index is 12.5. The highest BCUT2D eigenvalue weighted by atomic mass is 35.5. The molecule has 0 aliphatic carbocycles. The average Bonchev–Trinajstić information content (AvgIpc) is 3.17. The summed E-state index contributed by atoms with van der Waals surface area (Å²) in [4.78, 5) is 17.8. The lowest BCUT2D eigenvalue weighted by atomic mass is 10.1. The van der Waals surface area contributed by atoms with Crippen LogP contribution in [-0.4, -0.2) is 17.5 Å². The molecule has 4 nitrogen and oxygen atoms in total. The molecule has 152 valence electrons. The number of carbonyl (C=O) groups is 1. The van der Waals surface area contributed by atoms with E-state index in [4.69, 9.17) is 16.3 Å². The zero-order valence-electron chi connectivity index (χ0n) is 16.5. The van der Waals surface area contributed by atoms with E-state index < -0.39 is 0 Å². The molecule has 29 heavy (non-hydrogen) atoms. The van der Waals surface area contributed by atoms with Gasteiger partial charge < -0.3 is 4.74 Å². The van der Waals surface area contributed by atoms with E-state index in [0.717, 1.165) is 27.6 Å². The summed E-state index contributed by atoms with van der Waals surface area (Å²) in [5, 5.41) is 4.17. The summed E-state index contributed by atoms with van der Waals surface area (Å²) in [6, 6.07) is 15.0. The minimum absolute atomic E-state index is 0.182. The Kier molecular flexibility index (Phi) is 8.08. The van der Waals surface area contributed by atoms with Gasteiger partial charge in [-0.2, -0.15) is 0 Å². The monoisotopic (exact) mass is 428 g/mol. The summed E-state index contributed by atoms with van der Waals surface area (Å²) in [6.07, 6.45) is 7.15. The number of thiazole rings is 1. The summed E-state index contributed by atoms with van der Waals surface area (Å²) in [5.74, 6) is 0.604. The number of amides is 1. The molecule has 1 N–H and O–H groups in total. The van der Waals surface area contributed by atoms with Gasteiger partial charge >= 0.3 is 0 Å². The summed E-state index contributed by atoms with van der Waals surface area (Å²) >= 11 is 7.67. The minimum Gasteiger partial charge on any atom is -0.494 e. The normalized spacial score (nSPS) is 10.7. The molecule has 1 heterocycles. The molecule has 0 fully saturated rings. The van der Waals surface area contributed by atoms with Crippen molar-refractivity contribution in [2.24, 2.45) is 0 Å². The summed E-state index contributed by atoms with van der Waals surface area (Å²) < 4.78 is 5.72. The van der Waals surface area contributed by atoms with Crippen LogP contribution >= 0.6 is 22.9 Å². The Hall–Kier alpha value is -2.37. The summed E-state index contributed by atoms with van der Waals surface area (Å²) in [6.45, 7) is 2.90. The molecule has 1 amide bonds. The van der Waals surface area contributed by atoms with E-state index in [2.05, 4.69) is 17.2 Å². The first-order valence-corrected chi connectivity index (χ1v) is 11.1. The fraction of sp³-hybridized carbons (Fsp3) is 0.304. The Bertz CT molecular complexity index is 925. The number of anilines is 1. The number of halogens is 1. The quantitative estimate of drug-likeness (QED) is 0.370. The van der Waals surface area contributed by atoms with Crippen LogP contribution in [0.25, 0.3) is 0 Å². The highest BCUT2D eigenvalue weighted by Gasteiger charge is 2.10. The molecule has 0 atom stereocenters. The van der Waals surface area contributed by atoms with Crippen LogP contribution in [0, 0.1) is 0 Å². The molecule has 3 rings (SSSR count). The van der Waals surface area contributed by atoms with Gasteiger partial charge in [0.15, 0.2) is 5.13 Å². The molecule has 2 aromatic carbocycles. The Morgan fingerprint density at radius 2 is 1.90 bits per heavy atom. The maximum Gasteiger partial charge on any atom is 0.257 e. The van der Waals surface area contributed by atoms with Crippen LogP contribution < -0.4 is 10.1 Å². The number of benzene rings is 2. The average molecular weight is 429 g/mol. The number of nitrogens with zero attached hydrogens (tertiary/aromatic N) is 1. The van der Waals surface area contributed by atoms with Gasteiger partial charge in [0.05, 0.1) is 6.61 Å². The minimum atomic E-state index is -0.182. The first-order chi connectivity index (χ1) is 14.2. The number of nitrogens with one attached hydrogen (secondary N) is 1. The number of rotatable bonds is 10. The van der Waals surface area contributed by atoms with Crippen LogP contribution in [0.1, 0.15) is 53.4 Å². The van der Waals surface area contributed by atoms with E-state index in [1.807, 2.05) is 36.4 Å². The lowest BCUT2D eigenvalue weighted by Gasteiger charge is -2.07. The molecule has 3 aromatic rings. The molecular formula is C23H25ClN2O2S. The van der Waals surface area contributed by atoms with E-state index in [1.54, 1.807) is 18.3 Å². The number of carbonyl (C=O) groups excluding carboxylic acids is 1. The predicted molar refractivity (Wildman–Crippen MR) is 120 cm³/mol. The molecule has 0 saturated carbocycles. The molecule has 6 heteroatoms. The smallest absolute Gasteiger partial charge is 0.257 e. The SMILES string of the molecule is CCCCCCOc1ccc(C(=O)Nc2ncc(Cc3ccccc3Cl)s2)cc1. The number of unbranched alkanes of at least 4 members (excludes halogenated alkanes) is 3. The number of aromatic nitrogens is 1. The van der Waals surface area contributed by atoms with Crippen LogP contribution in [0.3, 0.4) is 0 Å². The molecule has 0 aliphatic rings. The molecular weight excluding hydrogens is 404 g/mol. The zero-order valence-corrected chi connectivity index (χ0v) is 18.1. The van der Waals surface area contributed by atoms with Gasteiger partial charge in [0.1, 0.15) is 5.75 Å². The van der Waals surface area contributed by atoms with Crippen LogP contribution in [-0.2, 0) is 6.42 Å². The second kappa shape index (κ2) is 11.0. The topological polar surface area (TPSA) is 51.2 Å². The Morgan fingerprint density at radius 1 is 1.10 bits per heavy atom. The highest BCUT2D eigenvalue weighted by molar-refractivity contribution is 7.15. The predicted octanol–water partition coefficient (Wildman–Crippen LogP) is 6.60. The second-order valence-electron chi connectivity index (χ2n) is 6.79. The third kappa shape index (κ3) is 6.58. The Labute approximate surface area is 180 Å². The fourth-order valence-corrected chi connectivity index (χ4v) is 3.90. The van der Waals surface area contributed by atoms with Crippen molar-refractivity contribution in [2.45, 2.75) is 39.0 Å². The molecule has 0 unspecified atom stereocenters. The molecule has 1 aromatic heterocycles. The first kappa shape index (κ1) is 21.3. The van der Waals surface area contributed by atoms with E-state index >= 15 is 0 Å². The van der Waals surface area contributed by atoms with Gasteiger partial charge in [-0.05, 0) is 42.3 Å². The third-order valence-electron chi connectivity index (χ3n) is 4.48. The van der Waals surface area contributed by atoms with Crippen LogP contribution in [0.15, 0.2) is 54.7 Å². The van der Waals surface area contributed by atoms with E-state index in [0.29, 0.717) is 23.7 Å². The van der Waals surface area contributed by atoms with Crippen molar-refractivity contribution >= 4 is 34.0 Å².